The van der Waals surface area contributed by atoms with Gasteiger partial charge in [0.05, 0.1) is 17.9 Å². The molecule has 0 saturated carbocycles. The second kappa shape index (κ2) is 3.52. The number of anilines is 2. The topological polar surface area (TPSA) is 60.0 Å². The van der Waals surface area contributed by atoms with Gasteiger partial charge in [0.15, 0.2) is 5.82 Å². The molecule has 3 rings (SSSR count). The third kappa shape index (κ3) is 1.41. The normalized spacial score (nSPS) is 14.9. The van der Waals surface area contributed by atoms with Crippen molar-refractivity contribution in [1.29, 1.82) is 0 Å². The second-order valence-corrected chi connectivity index (χ2v) is 3.92. The van der Waals surface area contributed by atoms with Crippen LogP contribution in [0.4, 0.5) is 11.4 Å². The molecule has 2 aromatic rings. The highest BCUT2D eigenvalue weighted by Crippen LogP contribution is 2.25. The zero-order valence-corrected chi connectivity index (χ0v) is 8.87. The van der Waals surface area contributed by atoms with Crippen molar-refractivity contribution in [1.82, 2.24) is 14.8 Å². The number of rotatable bonds is 1. The predicted octanol–water partition coefficient (Wildman–Crippen LogP) is 0.880. The zero-order chi connectivity index (χ0) is 11.0. The lowest BCUT2D eigenvalue weighted by Crippen LogP contribution is -2.34. The molecule has 1 aliphatic rings. The lowest BCUT2D eigenvalue weighted by Gasteiger charge is -2.29. The highest BCUT2D eigenvalue weighted by Gasteiger charge is 2.18. The van der Waals surface area contributed by atoms with E-state index in [1.54, 1.807) is 6.33 Å². The molecule has 5 nitrogen and oxygen atoms in total. The molecule has 1 aromatic carbocycles. The molecule has 0 aliphatic carbocycles. The summed E-state index contributed by atoms with van der Waals surface area (Å²) in [4.78, 5) is 2.24. The summed E-state index contributed by atoms with van der Waals surface area (Å²) in [6.45, 7) is 2.63. The van der Waals surface area contributed by atoms with E-state index in [1.807, 2.05) is 24.3 Å². The Hall–Kier alpha value is -2.04. The summed E-state index contributed by atoms with van der Waals surface area (Å²) in [5, 5.41) is 8.00. The van der Waals surface area contributed by atoms with E-state index in [9.17, 15) is 0 Å². The Kier molecular flexibility index (Phi) is 2.02. The van der Waals surface area contributed by atoms with Crippen molar-refractivity contribution >= 4 is 11.4 Å². The van der Waals surface area contributed by atoms with Gasteiger partial charge in [0, 0.05) is 13.1 Å². The van der Waals surface area contributed by atoms with Crippen molar-refractivity contribution in [3.63, 3.8) is 0 Å². The molecule has 16 heavy (non-hydrogen) atoms. The first-order valence-electron chi connectivity index (χ1n) is 5.31. The van der Waals surface area contributed by atoms with Gasteiger partial charge in [-0.05, 0) is 12.1 Å². The van der Waals surface area contributed by atoms with Crippen LogP contribution in [0.1, 0.15) is 5.82 Å². The van der Waals surface area contributed by atoms with E-state index in [0.29, 0.717) is 0 Å². The zero-order valence-electron chi connectivity index (χ0n) is 8.87. The Morgan fingerprint density at radius 2 is 2.06 bits per heavy atom. The molecule has 0 unspecified atom stereocenters. The Bertz CT molecular complexity index is 505. The fraction of sp³-hybridized carbons (Fsp3) is 0.273. The van der Waals surface area contributed by atoms with Crippen molar-refractivity contribution in [3.8, 4) is 0 Å². The monoisotopic (exact) mass is 215 g/mol. The minimum absolute atomic E-state index is 0.772. The molecule has 5 heteroatoms. The fourth-order valence-corrected chi connectivity index (χ4v) is 2.05. The molecule has 1 aromatic heterocycles. The SMILES string of the molecule is Nc1ccccc1N1CCn2cnnc2C1. The molecule has 2 heterocycles. The average Bonchev–Trinajstić information content (AvgIpc) is 2.76. The van der Waals surface area contributed by atoms with Crippen LogP contribution in [-0.4, -0.2) is 21.3 Å². The molecule has 0 bridgehead atoms. The number of hydrogen-bond donors (Lipinski definition) is 1. The van der Waals surface area contributed by atoms with Crippen LogP contribution in [-0.2, 0) is 13.1 Å². The van der Waals surface area contributed by atoms with Crippen LogP contribution in [0.25, 0.3) is 0 Å². The number of nitrogen functional groups attached to an aromatic ring is 1. The molecule has 1 aliphatic heterocycles. The maximum atomic E-state index is 5.96. The van der Waals surface area contributed by atoms with Crippen molar-refractivity contribution < 1.29 is 0 Å². The molecule has 0 atom stereocenters. The van der Waals surface area contributed by atoms with Crippen molar-refractivity contribution in [2.45, 2.75) is 13.1 Å². The molecule has 82 valence electrons. The van der Waals surface area contributed by atoms with Crippen LogP contribution in [0.15, 0.2) is 30.6 Å². The minimum atomic E-state index is 0.772. The summed E-state index contributed by atoms with van der Waals surface area (Å²) < 4.78 is 2.08. The highest BCUT2D eigenvalue weighted by atomic mass is 15.3. The summed E-state index contributed by atoms with van der Waals surface area (Å²) in [7, 11) is 0. The Morgan fingerprint density at radius 1 is 1.19 bits per heavy atom. The van der Waals surface area contributed by atoms with Gasteiger partial charge in [0.1, 0.15) is 6.33 Å². The number of aromatic nitrogens is 3. The van der Waals surface area contributed by atoms with Gasteiger partial charge in [-0.15, -0.1) is 10.2 Å². The summed E-state index contributed by atoms with van der Waals surface area (Å²) in [5.74, 6) is 0.995. The largest absolute Gasteiger partial charge is 0.397 e. The van der Waals surface area contributed by atoms with E-state index >= 15 is 0 Å². The first-order valence-corrected chi connectivity index (χ1v) is 5.31. The fourth-order valence-electron chi connectivity index (χ4n) is 2.05. The Morgan fingerprint density at radius 3 is 2.94 bits per heavy atom. The van der Waals surface area contributed by atoms with Crippen LogP contribution in [0.2, 0.25) is 0 Å². The van der Waals surface area contributed by atoms with E-state index in [2.05, 4.69) is 19.7 Å². The van der Waals surface area contributed by atoms with Crippen LogP contribution in [0, 0.1) is 0 Å². The van der Waals surface area contributed by atoms with E-state index in [4.69, 9.17) is 5.73 Å². The standard InChI is InChI=1S/C11H13N5/c12-9-3-1-2-4-10(9)15-5-6-16-8-13-14-11(16)7-15/h1-4,8H,5-7,12H2. The molecule has 0 fully saturated rings. The van der Waals surface area contributed by atoms with Crippen LogP contribution < -0.4 is 10.6 Å². The number of para-hydroxylation sites is 2. The van der Waals surface area contributed by atoms with Gasteiger partial charge in [-0.2, -0.15) is 0 Å². The van der Waals surface area contributed by atoms with Crippen molar-refractivity contribution in [2.75, 3.05) is 17.2 Å². The second-order valence-electron chi connectivity index (χ2n) is 3.92. The van der Waals surface area contributed by atoms with Gasteiger partial charge in [-0.3, -0.25) is 0 Å². The van der Waals surface area contributed by atoms with Gasteiger partial charge in [0.25, 0.3) is 0 Å². The highest BCUT2D eigenvalue weighted by molar-refractivity contribution is 5.67. The molecule has 0 saturated heterocycles. The number of nitrogens with zero attached hydrogens (tertiary/aromatic N) is 4. The third-order valence-corrected chi connectivity index (χ3v) is 2.92. The number of fused-ring (bicyclic) bond motifs is 1. The minimum Gasteiger partial charge on any atom is -0.397 e. The lowest BCUT2D eigenvalue weighted by molar-refractivity contribution is 0.560. The Balaban J connectivity index is 1.92. The van der Waals surface area contributed by atoms with Gasteiger partial charge in [-0.25, -0.2) is 0 Å². The number of benzene rings is 1. The summed E-state index contributed by atoms with van der Waals surface area (Å²) >= 11 is 0. The van der Waals surface area contributed by atoms with Gasteiger partial charge < -0.3 is 15.2 Å². The smallest absolute Gasteiger partial charge is 0.152 e. The third-order valence-electron chi connectivity index (χ3n) is 2.92. The molecular weight excluding hydrogens is 202 g/mol. The maximum absolute atomic E-state index is 5.96. The quantitative estimate of drug-likeness (QED) is 0.717. The summed E-state index contributed by atoms with van der Waals surface area (Å²) in [6.07, 6.45) is 1.78. The first kappa shape index (κ1) is 9.21. The van der Waals surface area contributed by atoms with Crippen molar-refractivity contribution in [3.05, 3.63) is 36.4 Å². The van der Waals surface area contributed by atoms with Crippen LogP contribution >= 0.6 is 0 Å². The van der Waals surface area contributed by atoms with Gasteiger partial charge >= 0.3 is 0 Å². The van der Waals surface area contributed by atoms with Crippen LogP contribution in [0.3, 0.4) is 0 Å². The maximum Gasteiger partial charge on any atom is 0.152 e. The lowest BCUT2D eigenvalue weighted by atomic mass is 10.2. The molecule has 0 radical (unpaired) electrons. The number of hydrogen-bond acceptors (Lipinski definition) is 4. The Labute approximate surface area is 93.5 Å². The summed E-state index contributed by atoms with van der Waals surface area (Å²) in [5.41, 5.74) is 7.86. The number of nitrogens with two attached hydrogens (primary N) is 1. The molecule has 0 spiro atoms. The van der Waals surface area contributed by atoms with E-state index in [0.717, 1.165) is 36.8 Å². The van der Waals surface area contributed by atoms with Crippen LogP contribution in [0.5, 0.6) is 0 Å². The van der Waals surface area contributed by atoms with Gasteiger partial charge in [-0.1, -0.05) is 12.1 Å². The van der Waals surface area contributed by atoms with Gasteiger partial charge in [0.2, 0.25) is 0 Å². The average molecular weight is 215 g/mol. The van der Waals surface area contributed by atoms with Crippen molar-refractivity contribution in [2.24, 2.45) is 0 Å². The van der Waals surface area contributed by atoms with E-state index < -0.39 is 0 Å². The predicted molar refractivity (Wildman–Crippen MR) is 61.9 cm³/mol. The first-order chi connectivity index (χ1) is 7.84. The molecule has 2 N–H and O–H groups in total. The molecule has 0 amide bonds. The van der Waals surface area contributed by atoms with E-state index in [-0.39, 0.29) is 0 Å². The summed E-state index contributed by atoms with van der Waals surface area (Å²) in [6, 6.07) is 7.92. The van der Waals surface area contributed by atoms with E-state index in [1.165, 1.54) is 0 Å². The molecular formula is C11H13N5.